The highest BCUT2D eigenvalue weighted by atomic mass is 35.5. The summed E-state index contributed by atoms with van der Waals surface area (Å²) in [5, 5.41) is 3.32. The lowest BCUT2D eigenvalue weighted by Crippen LogP contribution is -2.44. The minimum Gasteiger partial charge on any atom is -0.339 e. The minimum absolute atomic E-state index is 0. The maximum Gasteiger partial charge on any atom is 0.227 e. The predicted molar refractivity (Wildman–Crippen MR) is 67.9 cm³/mol. The molecule has 1 N–H and O–H groups in total. The normalized spacial score (nSPS) is 29.9. The van der Waals surface area contributed by atoms with E-state index >= 15 is 0 Å². The van der Waals surface area contributed by atoms with Crippen LogP contribution in [-0.2, 0) is 4.79 Å². The highest BCUT2D eigenvalue weighted by Gasteiger charge is 2.32. The lowest BCUT2D eigenvalue weighted by atomic mass is 9.97. The molecule has 2 aliphatic rings. The summed E-state index contributed by atoms with van der Waals surface area (Å²) in [6, 6.07) is 0.527. The third-order valence-electron chi connectivity index (χ3n) is 3.78. The summed E-state index contributed by atoms with van der Waals surface area (Å²) in [7, 11) is 0. The number of halogens is 1. The van der Waals surface area contributed by atoms with Crippen LogP contribution in [0.4, 0.5) is 0 Å². The van der Waals surface area contributed by atoms with Crippen molar-refractivity contribution in [2.45, 2.75) is 45.1 Å². The molecule has 1 amide bonds. The first-order valence-corrected chi connectivity index (χ1v) is 6.34. The van der Waals surface area contributed by atoms with Crippen LogP contribution in [0, 0.1) is 5.92 Å². The Bertz CT molecular complexity index is 229. The van der Waals surface area contributed by atoms with Gasteiger partial charge in [0.05, 0.1) is 5.92 Å². The second-order valence-electron chi connectivity index (χ2n) is 4.78. The van der Waals surface area contributed by atoms with Gasteiger partial charge in [0, 0.05) is 19.1 Å². The van der Waals surface area contributed by atoms with Crippen LogP contribution < -0.4 is 5.32 Å². The Kier molecular flexibility index (Phi) is 5.56. The molecule has 2 saturated heterocycles. The average molecular weight is 247 g/mol. The fourth-order valence-corrected chi connectivity index (χ4v) is 2.85. The highest BCUT2D eigenvalue weighted by Crippen LogP contribution is 2.24. The fourth-order valence-electron chi connectivity index (χ4n) is 2.85. The SMILES string of the molecule is CCC1CCCN1C(=O)[C@@H]1CCCNC1.Cl. The van der Waals surface area contributed by atoms with E-state index in [1.165, 1.54) is 12.8 Å². The molecule has 2 fully saturated rings. The summed E-state index contributed by atoms with van der Waals surface area (Å²) in [5.41, 5.74) is 0. The van der Waals surface area contributed by atoms with E-state index in [9.17, 15) is 4.79 Å². The highest BCUT2D eigenvalue weighted by molar-refractivity contribution is 5.85. The van der Waals surface area contributed by atoms with Crippen LogP contribution in [0.5, 0.6) is 0 Å². The number of piperidine rings is 1. The van der Waals surface area contributed by atoms with Crippen LogP contribution in [-0.4, -0.2) is 36.5 Å². The minimum atomic E-state index is 0. The van der Waals surface area contributed by atoms with Crippen molar-refractivity contribution < 1.29 is 4.79 Å². The summed E-state index contributed by atoms with van der Waals surface area (Å²) in [6.07, 6.45) is 5.76. The Morgan fingerprint density at radius 1 is 1.38 bits per heavy atom. The van der Waals surface area contributed by atoms with Crippen LogP contribution in [0.1, 0.15) is 39.0 Å². The first-order valence-electron chi connectivity index (χ1n) is 6.34. The molecule has 0 aromatic carbocycles. The molecule has 1 unspecified atom stereocenters. The molecular weight excluding hydrogens is 224 g/mol. The average Bonchev–Trinajstić information content (AvgIpc) is 2.77. The van der Waals surface area contributed by atoms with Gasteiger partial charge in [-0.25, -0.2) is 0 Å². The van der Waals surface area contributed by atoms with Crippen LogP contribution in [0.3, 0.4) is 0 Å². The molecule has 2 aliphatic heterocycles. The molecule has 94 valence electrons. The van der Waals surface area contributed by atoms with Gasteiger partial charge in [-0.2, -0.15) is 0 Å². The Morgan fingerprint density at radius 3 is 2.81 bits per heavy atom. The number of rotatable bonds is 2. The second kappa shape index (κ2) is 6.45. The van der Waals surface area contributed by atoms with Crippen molar-refractivity contribution in [1.82, 2.24) is 10.2 Å². The Balaban J connectivity index is 0.00000128. The summed E-state index contributed by atoms with van der Waals surface area (Å²) in [4.78, 5) is 14.4. The molecule has 3 nitrogen and oxygen atoms in total. The Morgan fingerprint density at radius 2 is 2.19 bits per heavy atom. The second-order valence-corrected chi connectivity index (χ2v) is 4.78. The summed E-state index contributed by atoms with van der Waals surface area (Å²) >= 11 is 0. The molecule has 2 rings (SSSR count). The van der Waals surface area contributed by atoms with Gasteiger partial charge in [0.15, 0.2) is 0 Å². The molecule has 2 atom stereocenters. The summed E-state index contributed by atoms with van der Waals surface area (Å²) < 4.78 is 0. The molecular formula is C12H23ClN2O. The predicted octanol–water partition coefficient (Wildman–Crippen LogP) is 1.81. The summed E-state index contributed by atoms with van der Waals surface area (Å²) in [5.74, 6) is 0.664. The van der Waals surface area contributed by atoms with E-state index in [-0.39, 0.29) is 18.3 Å². The van der Waals surface area contributed by atoms with E-state index in [1.807, 2.05) is 0 Å². The Hall–Kier alpha value is -0.280. The molecule has 0 aromatic heterocycles. The van der Waals surface area contributed by atoms with Gasteiger partial charge in [-0.05, 0) is 38.6 Å². The number of carbonyl (C=O) groups is 1. The number of hydrogen-bond acceptors (Lipinski definition) is 2. The topological polar surface area (TPSA) is 32.3 Å². The molecule has 0 saturated carbocycles. The number of likely N-dealkylation sites (tertiary alicyclic amines) is 1. The van der Waals surface area contributed by atoms with Gasteiger partial charge in [-0.1, -0.05) is 6.92 Å². The first-order chi connectivity index (χ1) is 7.33. The lowest BCUT2D eigenvalue weighted by molar-refractivity contribution is -0.136. The monoisotopic (exact) mass is 246 g/mol. The van der Waals surface area contributed by atoms with E-state index in [1.54, 1.807) is 0 Å². The van der Waals surface area contributed by atoms with Crippen molar-refractivity contribution in [1.29, 1.82) is 0 Å². The van der Waals surface area contributed by atoms with E-state index in [0.29, 0.717) is 11.9 Å². The number of hydrogen-bond donors (Lipinski definition) is 1. The fraction of sp³-hybridized carbons (Fsp3) is 0.917. The molecule has 0 radical (unpaired) electrons. The van der Waals surface area contributed by atoms with Gasteiger partial charge < -0.3 is 10.2 Å². The van der Waals surface area contributed by atoms with Crippen LogP contribution in [0.15, 0.2) is 0 Å². The van der Waals surface area contributed by atoms with Gasteiger partial charge >= 0.3 is 0 Å². The van der Waals surface area contributed by atoms with Crippen molar-refractivity contribution in [2.75, 3.05) is 19.6 Å². The first kappa shape index (κ1) is 13.8. The van der Waals surface area contributed by atoms with Gasteiger partial charge in [0.1, 0.15) is 0 Å². The van der Waals surface area contributed by atoms with Crippen LogP contribution >= 0.6 is 12.4 Å². The van der Waals surface area contributed by atoms with Crippen LogP contribution in [0.2, 0.25) is 0 Å². The van der Waals surface area contributed by atoms with E-state index in [4.69, 9.17) is 0 Å². The zero-order chi connectivity index (χ0) is 10.7. The van der Waals surface area contributed by atoms with Gasteiger partial charge in [-0.15, -0.1) is 12.4 Å². The van der Waals surface area contributed by atoms with Gasteiger partial charge in [0.2, 0.25) is 5.91 Å². The van der Waals surface area contributed by atoms with E-state index in [0.717, 1.165) is 38.9 Å². The van der Waals surface area contributed by atoms with Gasteiger partial charge in [0.25, 0.3) is 0 Å². The molecule has 16 heavy (non-hydrogen) atoms. The van der Waals surface area contributed by atoms with Crippen molar-refractivity contribution >= 4 is 18.3 Å². The van der Waals surface area contributed by atoms with Crippen molar-refractivity contribution in [3.05, 3.63) is 0 Å². The van der Waals surface area contributed by atoms with Crippen LogP contribution in [0.25, 0.3) is 0 Å². The smallest absolute Gasteiger partial charge is 0.227 e. The number of nitrogens with zero attached hydrogens (tertiary/aromatic N) is 1. The quantitative estimate of drug-likeness (QED) is 0.806. The standard InChI is InChI=1S/C12H22N2O.ClH/c1-2-11-6-4-8-14(11)12(15)10-5-3-7-13-9-10;/h10-11,13H,2-9H2,1H3;1H/t10-,11?;/m1./s1. The number of amides is 1. The van der Waals surface area contributed by atoms with E-state index in [2.05, 4.69) is 17.1 Å². The molecule has 0 bridgehead atoms. The number of nitrogens with one attached hydrogen (secondary N) is 1. The molecule has 0 aromatic rings. The molecule has 4 heteroatoms. The zero-order valence-corrected chi connectivity index (χ0v) is 10.9. The third kappa shape index (κ3) is 2.89. The van der Waals surface area contributed by atoms with Crippen molar-refractivity contribution in [3.8, 4) is 0 Å². The molecule has 0 aliphatic carbocycles. The molecule has 0 spiro atoms. The summed E-state index contributed by atoms with van der Waals surface area (Å²) in [6.45, 7) is 5.16. The maximum atomic E-state index is 12.3. The van der Waals surface area contributed by atoms with Crippen molar-refractivity contribution in [2.24, 2.45) is 5.92 Å². The largest absolute Gasteiger partial charge is 0.339 e. The maximum absolute atomic E-state index is 12.3. The lowest BCUT2D eigenvalue weighted by Gasteiger charge is -2.30. The van der Waals surface area contributed by atoms with E-state index < -0.39 is 0 Å². The Labute approximate surface area is 104 Å². The van der Waals surface area contributed by atoms with Gasteiger partial charge in [-0.3, -0.25) is 4.79 Å². The molecule has 2 heterocycles. The third-order valence-corrected chi connectivity index (χ3v) is 3.78. The van der Waals surface area contributed by atoms with Crippen molar-refractivity contribution in [3.63, 3.8) is 0 Å². The zero-order valence-electron chi connectivity index (χ0n) is 10.1. The number of carbonyl (C=O) groups excluding carboxylic acids is 1.